The molecule has 1 aromatic carbocycles. The zero-order valence-corrected chi connectivity index (χ0v) is 15.0. The number of fused-ring (bicyclic) bond motifs is 2. The van der Waals surface area contributed by atoms with E-state index in [0.717, 1.165) is 27.7 Å². The third-order valence-corrected chi connectivity index (χ3v) is 4.63. The van der Waals surface area contributed by atoms with Crippen LogP contribution in [0.2, 0.25) is 0 Å². The van der Waals surface area contributed by atoms with Gasteiger partial charge in [-0.3, -0.25) is 14.5 Å². The summed E-state index contributed by atoms with van der Waals surface area (Å²) in [7, 11) is 1.87. The second-order valence-electron chi connectivity index (χ2n) is 6.60. The van der Waals surface area contributed by atoms with Gasteiger partial charge in [-0.1, -0.05) is 0 Å². The Kier molecular flexibility index (Phi) is 3.72. The van der Waals surface area contributed by atoms with Crippen LogP contribution in [0.5, 0.6) is 0 Å². The summed E-state index contributed by atoms with van der Waals surface area (Å²) in [6, 6.07) is 11.0. The first-order chi connectivity index (χ1) is 13.7. The smallest absolute Gasteiger partial charge is 0.181 e. The maximum Gasteiger partial charge on any atom is 0.181 e. The van der Waals surface area contributed by atoms with E-state index in [9.17, 15) is 4.79 Å². The summed E-state index contributed by atoms with van der Waals surface area (Å²) in [5, 5.41) is 5.11. The van der Waals surface area contributed by atoms with E-state index in [1.54, 1.807) is 35.3 Å². The zero-order valence-electron chi connectivity index (χ0n) is 15.0. The highest BCUT2D eigenvalue weighted by Gasteiger charge is 2.12. The first-order valence-electron chi connectivity index (χ1n) is 8.77. The quantitative estimate of drug-likeness (QED) is 0.450. The first kappa shape index (κ1) is 16.3. The van der Waals surface area contributed by atoms with Crippen LogP contribution in [-0.2, 0) is 13.5 Å². The number of benzene rings is 1. The van der Waals surface area contributed by atoms with Crippen LogP contribution in [0.3, 0.4) is 0 Å². The monoisotopic (exact) mass is 369 g/mol. The fraction of sp³-hybridized carbons (Fsp3) is 0.0952. The highest BCUT2D eigenvalue weighted by molar-refractivity contribution is 5.99. The van der Waals surface area contributed by atoms with E-state index >= 15 is 0 Å². The molecule has 0 saturated heterocycles. The Morgan fingerprint density at radius 1 is 1.07 bits per heavy atom. The van der Waals surface area contributed by atoms with E-state index in [-0.39, 0.29) is 12.2 Å². The van der Waals surface area contributed by atoms with Gasteiger partial charge in [0.05, 0.1) is 29.5 Å². The molecular formula is C21H15N5O2. The Balaban J connectivity index is 1.45. The second-order valence-corrected chi connectivity index (χ2v) is 6.60. The van der Waals surface area contributed by atoms with Crippen molar-refractivity contribution in [2.75, 3.05) is 0 Å². The molecule has 0 aliphatic heterocycles. The molecule has 136 valence electrons. The van der Waals surface area contributed by atoms with Crippen molar-refractivity contribution in [3.8, 4) is 11.3 Å². The van der Waals surface area contributed by atoms with Gasteiger partial charge in [-0.05, 0) is 36.4 Å². The number of hydrogen-bond donors (Lipinski definition) is 0. The molecule has 28 heavy (non-hydrogen) atoms. The summed E-state index contributed by atoms with van der Waals surface area (Å²) in [6.07, 6.45) is 7.00. The molecule has 0 aliphatic carbocycles. The van der Waals surface area contributed by atoms with Crippen LogP contribution in [0.15, 0.2) is 65.8 Å². The third-order valence-electron chi connectivity index (χ3n) is 4.63. The lowest BCUT2D eigenvalue weighted by atomic mass is 10.1. The van der Waals surface area contributed by atoms with Gasteiger partial charge >= 0.3 is 0 Å². The summed E-state index contributed by atoms with van der Waals surface area (Å²) < 4.78 is 7.02. The molecule has 0 atom stereocenters. The van der Waals surface area contributed by atoms with Gasteiger partial charge in [0.2, 0.25) is 0 Å². The van der Waals surface area contributed by atoms with Crippen molar-refractivity contribution in [2.45, 2.75) is 6.42 Å². The van der Waals surface area contributed by atoms with Gasteiger partial charge in [-0.2, -0.15) is 5.10 Å². The molecule has 0 amide bonds. The van der Waals surface area contributed by atoms with Crippen molar-refractivity contribution in [1.29, 1.82) is 0 Å². The van der Waals surface area contributed by atoms with Crippen LogP contribution in [0.25, 0.3) is 33.3 Å². The van der Waals surface area contributed by atoms with E-state index in [0.29, 0.717) is 16.8 Å². The normalized spacial score (nSPS) is 11.3. The van der Waals surface area contributed by atoms with E-state index in [2.05, 4.69) is 15.1 Å². The Morgan fingerprint density at radius 3 is 2.86 bits per heavy atom. The third kappa shape index (κ3) is 2.92. The predicted octanol–water partition coefficient (Wildman–Crippen LogP) is 3.60. The number of carbonyl (C=O) groups is 1. The number of Topliss-reactive ketones (excluding diaryl/α,β-unsaturated/α-hetero) is 1. The Morgan fingerprint density at radius 2 is 2.00 bits per heavy atom. The van der Waals surface area contributed by atoms with Gasteiger partial charge in [-0.25, -0.2) is 9.97 Å². The second kappa shape index (κ2) is 6.38. The predicted molar refractivity (Wildman–Crippen MR) is 104 cm³/mol. The summed E-state index contributed by atoms with van der Waals surface area (Å²) in [5.41, 5.74) is 5.14. The molecule has 4 heterocycles. The molecule has 5 aromatic rings. The van der Waals surface area contributed by atoms with E-state index in [1.807, 2.05) is 31.4 Å². The molecule has 5 rings (SSSR count). The standard InChI is InChI=1S/C21H15N5O2/c1-26-11-15(10-24-26)17-4-3-14-9-22-16(7-19(14)25-17)8-20(27)13-2-5-18-21(6-13)28-12-23-18/h2-7,9-12H,8H2,1H3. The molecule has 0 bridgehead atoms. The van der Waals surface area contributed by atoms with E-state index in [4.69, 9.17) is 9.40 Å². The average molecular weight is 369 g/mol. The molecule has 0 unspecified atom stereocenters. The number of rotatable bonds is 4. The number of aryl methyl sites for hydroxylation is 1. The van der Waals surface area contributed by atoms with Crippen LogP contribution in [0.4, 0.5) is 0 Å². The fourth-order valence-corrected chi connectivity index (χ4v) is 3.16. The molecule has 0 saturated carbocycles. The first-order valence-corrected chi connectivity index (χ1v) is 8.77. The lowest BCUT2D eigenvalue weighted by molar-refractivity contribution is 0.0992. The Hall–Kier alpha value is -3.87. The molecule has 0 fully saturated rings. The number of hydrogen-bond acceptors (Lipinski definition) is 6. The number of pyridine rings is 2. The lowest BCUT2D eigenvalue weighted by Crippen LogP contribution is -2.05. The van der Waals surface area contributed by atoms with Gasteiger partial charge in [0.15, 0.2) is 17.8 Å². The molecule has 7 heteroatoms. The van der Waals surface area contributed by atoms with Crippen LogP contribution in [0, 0.1) is 0 Å². The van der Waals surface area contributed by atoms with Crippen LogP contribution in [0.1, 0.15) is 16.1 Å². The molecule has 0 aliphatic rings. The molecule has 0 spiro atoms. The summed E-state index contributed by atoms with van der Waals surface area (Å²) in [6.45, 7) is 0. The SMILES string of the molecule is Cn1cc(-c2ccc3cnc(CC(=O)c4ccc5ncoc5c4)cc3n2)cn1. The van der Waals surface area contributed by atoms with Crippen LogP contribution >= 0.6 is 0 Å². The van der Waals surface area contributed by atoms with Crippen molar-refractivity contribution in [2.24, 2.45) is 7.05 Å². The van der Waals surface area contributed by atoms with Crippen molar-refractivity contribution in [3.05, 3.63) is 72.6 Å². The maximum atomic E-state index is 12.7. The average Bonchev–Trinajstić information content (AvgIpc) is 3.35. The number of aromatic nitrogens is 5. The fourth-order valence-electron chi connectivity index (χ4n) is 3.16. The van der Waals surface area contributed by atoms with Gasteiger partial charge in [-0.15, -0.1) is 0 Å². The molecule has 0 radical (unpaired) electrons. The van der Waals surface area contributed by atoms with Gasteiger partial charge in [0.25, 0.3) is 0 Å². The van der Waals surface area contributed by atoms with Crippen LogP contribution in [-0.4, -0.2) is 30.5 Å². The van der Waals surface area contributed by atoms with E-state index < -0.39 is 0 Å². The zero-order chi connectivity index (χ0) is 19.1. The number of oxazole rings is 1. The minimum absolute atomic E-state index is 0.0337. The Labute approximate surface area is 159 Å². The van der Waals surface area contributed by atoms with Crippen molar-refractivity contribution in [1.82, 2.24) is 24.7 Å². The highest BCUT2D eigenvalue weighted by atomic mass is 16.3. The summed E-state index contributed by atoms with van der Waals surface area (Å²) >= 11 is 0. The number of carbonyl (C=O) groups excluding carboxylic acids is 1. The van der Waals surface area contributed by atoms with E-state index in [1.165, 1.54) is 6.39 Å². The molecule has 0 N–H and O–H groups in total. The minimum atomic E-state index is -0.0337. The van der Waals surface area contributed by atoms with Crippen molar-refractivity contribution < 1.29 is 9.21 Å². The molecule has 4 aromatic heterocycles. The summed E-state index contributed by atoms with van der Waals surface area (Å²) in [5.74, 6) is -0.0337. The van der Waals surface area contributed by atoms with Gasteiger partial charge < -0.3 is 4.42 Å². The Bertz CT molecular complexity index is 1340. The van der Waals surface area contributed by atoms with Crippen molar-refractivity contribution >= 4 is 27.8 Å². The largest absolute Gasteiger partial charge is 0.443 e. The lowest BCUT2D eigenvalue weighted by Gasteiger charge is -2.04. The molecular weight excluding hydrogens is 354 g/mol. The minimum Gasteiger partial charge on any atom is -0.443 e. The topological polar surface area (TPSA) is 86.7 Å². The summed E-state index contributed by atoms with van der Waals surface area (Å²) in [4.78, 5) is 25.9. The maximum absolute atomic E-state index is 12.7. The molecule has 7 nitrogen and oxygen atoms in total. The van der Waals surface area contributed by atoms with Gasteiger partial charge in [0.1, 0.15) is 5.52 Å². The number of nitrogens with zero attached hydrogens (tertiary/aromatic N) is 5. The van der Waals surface area contributed by atoms with Crippen LogP contribution < -0.4 is 0 Å². The highest BCUT2D eigenvalue weighted by Crippen LogP contribution is 2.21. The van der Waals surface area contributed by atoms with Crippen molar-refractivity contribution in [3.63, 3.8) is 0 Å². The van der Waals surface area contributed by atoms with Gasteiger partial charge in [0, 0.05) is 36.0 Å². The number of ketones is 1.